The highest BCUT2D eigenvalue weighted by atomic mass is 127. The standard InChI is InChI=1S/C18H27F3N6OS.HI/c1-5-22-17(23-7-6-16-25-15(11-29-16)18(19,20)21)24-10-14-12(2)26-27(13(14)3)8-9-28-4;/h11H,5-10H2,1-4H3,(H2,22,23,24);1H. The number of guanidine groups is 1. The third kappa shape index (κ3) is 7.69. The summed E-state index contributed by atoms with van der Waals surface area (Å²) in [4.78, 5) is 8.23. The summed E-state index contributed by atoms with van der Waals surface area (Å²) in [5.41, 5.74) is 2.17. The molecule has 2 heterocycles. The van der Waals surface area contributed by atoms with Crippen LogP contribution >= 0.6 is 35.3 Å². The average molecular weight is 560 g/mol. The second-order valence-corrected chi connectivity index (χ2v) is 7.30. The number of aryl methyl sites for hydroxylation is 1. The minimum absolute atomic E-state index is 0. The molecule has 0 saturated heterocycles. The first-order valence-electron chi connectivity index (χ1n) is 9.31. The van der Waals surface area contributed by atoms with Gasteiger partial charge in [0.1, 0.15) is 0 Å². The first kappa shape index (κ1) is 26.6. The van der Waals surface area contributed by atoms with Crippen molar-refractivity contribution in [1.29, 1.82) is 0 Å². The maximum Gasteiger partial charge on any atom is 0.434 e. The molecule has 2 N–H and O–H groups in total. The Bertz CT molecular complexity index is 821. The van der Waals surface area contributed by atoms with Gasteiger partial charge in [0.15, 0.2) is 11.7 Å². The zero-order chi connectivity index (χ0) is 21.4. The van der Waals surface area contributed by atoms with Crippen molar-refractivity contribution in [2.75, 3.05) is 26.8 Å². The molecule has 0 bridgehead atoms. The zero-order valence-corrected chi connectivity index (χ0v) is 20.6. The van der Waals surface area contributed by atoms with Crippen molar-refractivity contribution in [2.24, 2.45) is 4.99 Å². The van der Waals surface area contributed by atoms with Crippen LogP contribution in [0.2, 0.25) is 0 Å². The third-order valence-corrected chi connectivity index (χ3v) is 5.16. The van der Waals surface area contributed by atoms with Gasteiger partial charge >= 0.3 is 6.18 Å². The van der Waals surface area contributed by atoms with Gasteiger partial charge in [-0.3, -0.25) is 4.68 Å². The van der Waals surface area contributed by atoms with Crippen molar-refractivity contribution < 1.29 is 17.9 Å². The monoisotopic (exact) mass is 560 g/mol. The molecule has 0 unspecified atom stereocenters. The molecule has 0 aliphatic rings. The van der Waals surface area contributed by atoms with E-state index in [2.05, 4.69) is 25.7 Å². The van der Waals surface area contributed by atoms with Crippen LogP contribution in [0.5, 0.6) is 0 Å². The predicted octanol–water partition coefficient (Wildman–Crippen LogP) is 3.54. The maximum atomic E-state index is 12.6. The van der Waals surface area contributed by atoms with Crippen molar-refractivity contribution in [1.82, 2.24) is 25.4 Å². The number of hydrogen-bond acceptors (Lipinski definition) is 5. The Balaban J connectivity index is 0.00000450. The summed E-state index contributed by atoms with van der Waals surface area (Å²) in [6.07, 6.45) is -4.01. The number of nitrogens with zero attached hydrogens (tertiary/aromatic N) is 4. The molecule has 30 heavy (non-hydrogen) atoms. The zero-order valence-electron chi connectivity index (χ0n) is 17.5. The Hall–Kier alpha value is -1.41. The molecule has 0 atom stereocenters. The second kappa shape index (κ2) is 12.4. The summed E-state index contributed by atoms with van der Waals surface area (Å²) >= 11 is 1.01. The molecule has 0 saturated carbocycles. The fourth-order valence-corrected chi connectivity index (χ4v) is 3.51. The van der Waals surface area contributed by atoms with Crippen LogP contribution in [-0.4, -0.2) is 47.5 Å². The largest absolute Gasteiger partial charge is 0.434 e. The fraction of sp³-hybridized carbons (Fsp3) is 0.611. The molecule has 170 valence electrons. The summed E-state index contributed by atoms with van der Waals surface area (Å²) in [7, 11) is 1.65. The lowest BCUT2D eigenvalue weighted by Gasteiger charge is -2.11. The van der Waals surface area contributed by atoms with Gasteiger partial charge in [0.25, 0.3) is 0 Å². The predicted molar refractivity (Wildman–Crippen MR) is 123 cm³/mol. The minimum atomic E-state index is -4.40. The van der Waals surface area contributed by atoms with Crippen LogP contribution in [0, 0.1) is 13.8 Å². The number of alkyl halides is 3. The van der Waals surface area contributed by atoms with Gasteiger partial charge in [-0.2, -0.15) is 18.3 Å². The van der Waals surface area contributed by atoms with Crippen molar-refractivity contribution in [3.8, 4) is 0 Å². The van der Waals surface area contributed by atoms with Gasteiger partial charge < -0.3 is 15.4 Å². The number of thiazole rings is 1. The number of aromatic nitrogens is 3. The van der Waals surface area contributed by atoms with Crippen molar-refractivity contribution in [3.05, 3.63) is 33.0 Å². The molecule has 2 aromatic heterocycles. The highest BCUT2D eigenvalue weighted by Crippen LogP contribution is 2.30. The summed E-state index contributed by atoms with van der Waals surface area (Å²) in [6.45, 7) is 8.72. The quantitative estimate of drug-likeness (QED) is 0.279. The fourth-order valence-electron chi connectivity index (χ4n) is 2.70. The lowest BCUT2D eigenvalue weighted by molar-refractivity contribution is -0.140. The molecular weight excluding hydrogens is 532 g/mol. The summed E-state index contributed by atoms with van der Waals surface area (Å²) in [6, 6.07) is 0. The third-order valence-electron chi connectivity index (χ3n) is 4.25. The van der Waals surface area contributed by atoms with Crippen LogP contribution < -0.4 is 10.6 Å². The van der Waals surface area contributed by atoms with E-state index >= 15 is 0 Å². The number of ether oxygens (including phenoxy) is 1. The highest BCUT2D eigenvalue weighted by Gasteiger charge is 2.33. The molecule has 2 rings (SSSR count). The van der Waals surface area contributed by atoms with Crippen LogP contribution in [0.3, 0.4) is 0 Å². The normalized spacial score (nSPS) is 12.0. The Kier molecular flexibility index (Phi) is 11.0. The van der Waals surface area contributed by atoms with Crippen molar-refractivity contribution in [2.45, 2.75) is 46.5 Å². The highest BCUT2D eigenvalue weighted by molar-refractivity contribution is 14.0. The smallest absolute Gasteiger partial charge is 0.383 e. The van der Waals surface area contributed by atoms with E-state index in [4.69, 9.17) is 4.74 Å². The lowest BCUT2D eigenvalue weighted by Crippen LogP contribution is -2.38. The van der Waals surface area contributed by atoms with Crippen LogP contribution in [0.1, 0.15) is 34.6 Å². The molecule has 0 amide bonds. The number of rotatable bonds is 9. The van der Waals surface area contributed by atoms with Gasteiger partial charge in [0, 0.05) is 43.3 Å². The number of methoxy groups -OCH3 is 1. The lowest BCUT2D eigenvalue weighted by atomic mass is 10.2. The molecule has 0 spiro atoms. The first-order chi connectivity index (χ1) is 13.8. The summed E-state index contributed by atoms with van der Waals surface area (Å²) in [5.74, 6) is 0.601. The maximum absolute atomic E-state index is 12.6. The SMILES string of the molecule is CCNC(=NCc1c(C)nn(CCOC)c1C)NCCc1nc(C(F)(F)F)cs1.I. The molecule has 0 fully saturated rings. The Labute approximate surface area is 195 Å². The van der Waals surface area contributed by atoms with Gasteiger partial charge in [-0.1, -0.05) is 0 Å². The number of hydrogen-bond donors (Lipinski definition) is 2. The van der Waals surface area contributed by atoms with Crippen LogP contribution in [0.25, 0.3) is 0 Å². The number of halogens is 4. The van der Waals surface area contributed by atoms with E-state index < -0.39 is 11.9 Å². The first-order valence-corrected chi connectivity index (χ1v) is 10.2. The van der Waals surface area contributed by atoms with Crippen LogP contribution in [0.4, 0.5) is 13.2 Å². The molecule has 0 aliphatic heterocycles. The van der Waals surface area contributed by atoms with E-state index in [0.717, 1.165) is 33.7 Å². The summed E-state index contributed by atoms with van der Waals surface area (Å²) in [5, 5.41) is 12.3. The van der Waals surface area contributed by atoms with Crippen LogP contribution in [-0.2, 0) is 30.4 Å². The summed E-state index contributed by atoms with van der Waals surface area (Å²) < 4.78 is 44.9. The molecular formula is C18H28F3IN6OS. The van der Waals surface area contributed by atoms with E-state index in [9.17, 15) is 13.2 Å². The molecule has 0 radical (unpaired) electrons. The van der Waals surface area contributed by atoms with E-state index in [0.29, 0.717) is 50.2 Å². The molecule has 7 nitrogen and oxygen atoms in total. The number of aliphatic imine (C=N–C) groups is 1. The molecule has 2 aromatic rings. The van der Waals surface area contributed by atoms with E-state index in [-0.39, 0.29) is 24.0 Å². The Morgan fingerprint density at radius 3 is 2.63 bits per heavy atom. The van der Waals surface area contributed by atoms with Gasteiger partial charge in [-0.15, -0.1) is 35.3 Å². The number of nitrogens with one attached hydrogen (secondary N) is 2. The van der Waals surface area contributed by atoms with Crippen molar-refractivity contribution in [3.63, 3.8) is 0 Å². The van der Waals surface area contributed by atoms with Gasteiger partial charge in [-0.25, -0.2) is 9.98 Å². The minimum Gasteiger partial charge on any atom is -0.383 e. The van der Waals surface area contributed by atoms with E-state index in [1.165, 1.54) is 0 Å². The van der Waals surface area contributed by atoms with E-state index in [1.54, 1.807) is 7.11 Å². The molecule has 0 aliphatic carbocycles. The Morgan fingerprint density at radius 2 is 2.03 bits per heavy atom. The topological polar surface area (TPSA) is 76.4 Å². The van der Waals surface area contributed by atoms with Crippen molar-refractivity contribution >= 4 is 41.3 Å². The van der Waals surface area contributed by atoms with E-state index in [1.807, 2.05) is 25.5 Å². The molecule has 12 heteroatoms. The van der Waals surface area contributed by atoms with Gasteiger partial charge in [-0.05, 0) is 20.8 Å². The second-order valence-electron chi connectivity index (χ2n) is 6.36. The molecule has 0 aromatic carbocycles. The van der Waals surface area contributed by atoms with Crippen LogP contribution in [0.15, 0.2) is 10.4 Å². The Morgan fingerprint density at radius 1 is 1.30 bits per heavy atom. The average Bonchev–Trinajstić information content (AvgIpc) is 3.23. The van der Waals surface area contributed by atoms with Gasteiger partial charge in [0.2, 0.25) is 0 Å². The van der Waals surface area contributed by atoms with Gasteiger partial charge in [0.05, 0.1) is 30.4 Å².